The van der Waals surface area contributed by atoms with Crippen LogP contribution in [-0.2, 0) is 23.2 Å². The summed E-state index contributed by atoms with van der Waals surface area (Å²) >= 11 is 6.20. The normalized spacial score (nSPS) is 16.7. The van der Waals surface area contributed by atoms with Gasteiger partial charge in [0.05, 0.1) is 11.6 Å². The van der Waals surface area contributed by atoms with Gasteiger partial charge < -0.3 is 5.11 Å². The Kier molecular flexibility index (Phi) is 5.66. The Morgan fingerprint density at radius 1 is 1.46 bits per heavy atom. The molecule has 1 aromatic heterocycles. The SMILES string of the molecule is CCC(C(=O)O)C1=C(C)CCN(NCc2c(C)nn(C)c2Cl)C1=O. The molecular weight excluding hydrogens is 332 g/mol. The highest BCUT2D eigenvalue weighted by Gasteiger charge is 2.33. The second-order valence-electron chi connectivity index (χ2n) is 6.01. The van der Waals surface area contributed by atoms with E-state index in [1.54, 1.807) is 18.7 Å². The number of hydrogen-bond acceptors (Lipinski definition) is 4. The smallest absolute Gasteiger partial charge is 0.311 e. The average Bonchev–Trinajstić information content (AvgIpc) is 2.75. The lowest BCUT2D eigenvalue weighted by molar-refractivity contribution is -0.143. The van der Waals surface area contributed by atoms with Gasteiger partial charge in [-0.1, -0.05) is 24.1 Å². The predicted octanol–water partition coefficient (Wildman–Crippen LogP) is 2.05. The van der Waals surface area contributed by atoms with E-state index in [4.69, 9.17) is 11.6 Å². The Morgan fingerprint density at radius 3 is 2.62 bits per heavy atom. The van der Waals surface area contributed by atoms with E-state index in [-0.39, 0.29) is 5.91 Å². The fraction of sp³-hybridized carbons (Fsp3) is 0.562. The van der Waals surface area contributed by atoms with Gasteiger partial charge >= 0.3 is 5.97 Å². The summed E-state index contributed by atoms with van der Waals surface area (Å²) < 4.78 is 1.58. The van der Waals surface area contributed by atoms with Gasteiger partial charge in [-0.15, -0.1) is 0 Å². The van der Waals surface area contributed by atoms with Crippen molar-refractivity contribution >= 4 is 23.5 Å². The summed E-state index contributed by atoms with van der Waals surface area (Å²) in [7, 11) is 1.76. The number of amides is 1. The lowest BCUT2D eigenvalue weighted by Gasteiger charge is -2.32. The first-order valence-electron chi connectivity index (χ1n) is 7.93. The molecule has 0 radical (unpaired) electrons. The maximum Gasteiger partial charge on any atom is 0.311 e. The number of rotatable bonds is 6. The van der Waals surface area contributed by atoms with Crippen molar-refractivity contribution < 1.29 is 14.7 Å². The topological polar surface area (TPSA) is 87.5 Å². The molecule has 1 aliphatic heterocycles. The molecule has 1 unspecified atom stereocenters. The Labute approximate surface area is 146 Å². The molecule has 7 nitrogen and oxygen atoms in total. The van der Waals surface area contributed by atoms with Crippen molar-refractivity contribution in [3.05, 3.63) is 27.6 Å². The number of halogens is 1. The van der Waals surface area contributed by atoms with E-state index in [9.17, 15) is 14.7 Å². The number of carbonyl (C=O) groups excluding carboxylic acids is 1. The van der Waals surface area contributed by atoms with Crippen molar-refractivity contribution in [1.82, 2.24) is 20.2 Å². The van der Waals surface area contributed by atoms with Crippen molar-refractivity contribution in [1.29, 1.82) is 0 Å². The Hall–Kier alpha value is -1.86. The zero-order chi connectivity index (χ0) is 18.0. The van der Waals surface area contributed by atoms with Crippen LogP contribution in [0.25, 0.3) is 0 Å². The van der Waals surface area contributed by atoms with E-state index in [1.807, 2.05) is 13.8 Å². The summed E-state index contributed by atoms with van der Waals surface area (Å²) in [6.07, 6.45) is 1.03. The van der Waals surface area contributed by atoms with Gasteiger partial charge in [0, 0.05) is 31.3 Å². The number of nitrogens with zero attached hydrogens (tertiary/aromatic N) is 3. The highest BCUT2D eigenvalue weighted by atomic mass is 35.5. The first-order chi connectivity index (χ1) is 11.3. The number of hydrazine groups is 1. The van der Waals surface area contributed by atoms with Gasteiger partial charge in [-0.25, -0.2) is 5.43 Å². The molecule has 0 aliphatic carbocycles. The second kappa shape index (κ2) is 7.36. The molecule has 1 amide bonds. The molecule has 0 spiro atoms. The van der Waals surface area contributed by atoms with Gasteiger partial charge in [0.25, 0.3) is 5.91 Å². The molecule has 2 heterocycles. The van der Waals surface area contributed by atoms with E-state index in [0.717, 1.165) is 16.8 Å². The minimum atomic E-state index is -0.965. The minimum absolute atomic E-state index is 0.273. The minimum Gasteiger partial charge on any atom is -0.481 e. The third-order valence-corrected chi connectivity index (χ3v) is 4.89. The van der Waals surface area contributed by atoms with Crippen molar-refractivity contribution in [2.75, 3.05) is 6.54 Å². The zero-order valence-electron chi connectivity index (χ0n) is 14.4. The van der Waals surface area contributed by atoms with Gasteiger partial charge in [-0.05, 0) is 26.7 Å². The summed E-state index contributed by atoms with van der Waals surface area (Å²) in [5, 5.41) is 15.6. The van der Waals surface area contributed by atoms with Gasteiger partial charge in [0.15, 0.2) is 0 Å². The first-order valence-corrected chi connectivity index (χ1v) is 8.31. The predicted molar refractivity (Wildman–Crippen MR) is 90.2 cm³/mol. The molecular formula is C16H23ClN4O3. The Balaban J connectivity index is 2.16. The van der Waals surface area contributed by atoms with E-state index >= 15 is 0 Å². The number of aromatic nitrogens is 2. The van der Waals surface area contributed by atoms with Crippen LogP contribution in [0.5, 0.6) is 0 Å². The van der Waals surface area contributed by atoms with E-state index in [0.29, 0.717) is 36.7 Å². The van der Waals surface area contributed by atoms with Crippen LogP contribution < -0.4 is 5.43 Å². The van der Waals surface area contributed by atoms with Crippen LogP contribution in [0.2, 0.25) is 5.15 Å². The van der Waals surface area contributed by atoms with Crippen molar-refractivity contribution in [3.8, 4) is 0 Å². The van der Waals surface area contributed by atoms with Gasteiger partial charge in [0.1, 0.15) is 5.15 Å². The summed E-state index contributed by atoms with van der Waals surface area (Å²) in [5.41, 5.74) is 5.93. The molecule has 0 fully saturated rings. The van der Waals surface area contributed by atoms with E-state index in [2.05, 4.69) is 10.5 Å². The molecule has 24 heavy (non-hydrogen) atoms. The first kappa shape index (κ1) is 18.5. The standard InChI is InChI=1S/C16H23ClN4O3/c1-5-11(16(23)24)13-9(2)6-7-21(15(13)22)18-8-12-10(3)19-20(4)14(12)17/h11,18H,5-8H2,1-4H3,(H,23,24). The third-order valence-electron chi connectivity index (χ3n) is 4.42. The monoisotopic (exact) mass is 354 g/mol. The molecule has 1 atom stereocenters. The Morgan fingerprint density at radius 2 is 2.12 bits per heavy atom. The molecule has 132 valence electrons. The molecule has 0 saturated heterocycles. The molecule has 2 N–H and O–H groups in total. The molecule has 0 aromatic carbocycles. The van der Waals surface area contributed by atoms with Gasteiger partial charge in [-0.3, -0.25) is 19.3 Å². The van der Waals surface area contributed by atoms with Crippen LogP contribution in [0, 0.1) is 12.8 Å². The Bertz CT molecular complexity index is 696. The van der Waals surface area contributed by atoms with Crippen LogP contribution >= 0.6 is 11.6 Å². The number of nitrogens with one attached hydrogen (secondary N) is 1. The fourth-order valence-electron chi connectivity index (χ4n) is 2.99. The van der Waals surface area contributed by atoms with Crippen molar-refractivity contribution in [2.45, 2.75) is 40.2 Å². The molecule has 8 heteroatoms. The summed E-state index contributed by atoms with van der Waals surface area (Å²) in [6.45, 7) is 6.32. The van der Waals surface area contributed by atoms with Crippen LogP contribution in [0.1, 0.15) is 37.9 Å². The molecule has 0 saturated carbocycles. The fourth-order valence-corrected chi connectivity index (χ4v) is 3.23. The van der Waals surface area contributed by atoms with Gasteiger partial charge in [-0.2, -0.15) is 5.10 Å². The lowest BCUT2D eigenvalue weighted by Crippen LogP contribution is -2.48. The van der Waals surface area contributed by atoms with Crippen molar-refractivity contribution in [2.24, 2.45) is 13.0 Å². The average molecular weight is 355 g/mol. The highest BCUT2D eigenvalue weighted by molar-refractivity contribution is 6.30. The number of carboxylic acids is 1. The van der Waals surface area contributed by atoms with Crippen LogP contribution in [-0.4, -0.2) is 38.3 Å². The van der Waals surface area contributed by atoms with E-state index in [1.165, 1.54) is 5.01 Å². The van der Waals surface area contributed by atoms with E-state index < -0.39 is 11.9 Å². The number of aryl methyl sites for hydroxylation is 2. The van der Waals surface area contributed by atoms with Gasteiger partial charge in [0.2, 0.25) is 0 Å². The third kappa shape index (κ3) is 3.47. The highest BCUT2D eigenvalue weighted by Crippen LogP contribution is 2.27. The quantitative estimate of drug-likeness (QED) is 0.816. The van der Waals surface area contributed by atoms with Crippen LogP contribution in [0.15, 0.2) is 11.1 Å². The number of carboxylic acid groups (broad SMARTS) is 1. The maximum atomic E-state index is 12.7. The second-order valence-corrected chi connectivity index (χ2v) is 6.37. The molecule has 2 rings (SSSR count). The lowest BCUT2D eigenvalue weighted by atomic mass is 9.88. The molecule has 0 bridgehead atoms. The van der Waals surface area contributed by atoms with Crippen LogP contribution in [0.3, 0.4) is 0 Å². The number of aliphatic carboxylic acids is 1. The number of hydrogen-bond donors (Lipinski definition) is 2. The number of carbonyl (C=O) groups is 2. The maximum absolute atomic E-state index is 12.7. The largest absolute Gasteiger partial charge is 0.481 e. The van der Waals surface area contributed by atoms with Crippen LogP contribution in [0.4, 0.5) is 0 Å². The zero-order valence-corrected chi connectivity index (χ0v) is 15.1. The summed E-state index contributed by atoms with van der Waals surface area (Å²) in [6, 6.07) is 0. The summed E-state index contributed by atoms with van der Waals surface area (Å²) in [5.74, 6) is -2.01. The summed E-state index contributed by atoms with van der Waals surface area (Å²) in [4.78, 5) is 24.2. The molecule has 1 aliphatic rings. The van der Waals surface area contributed by atoms with Crippen molar-refractivity contribution in [3.63, 3.8) is 0 Å². The molecule has 1 aromatic rings.